The van der Waals surface area contributed by atoms with Gasteiger partial charge in [-0.2, -0.15) is 0 Å². The van der Waals surface area contributed by atoms with Crippen LogP contribution in [0.3, 0.4) is 0 Å². The van der Waals surface area contributed by atoms with Gasteiger partial charge in [-0.05, 0) is 36.2 Å². The summed E-state index contributed by atoms with van der Waals surface area (Å²) in [5, 5.41) is 4.52. The van der Waals surface area contributed by atoms with E-state index in [2.05, 4.69) is 10.6 Å². The summed E-state index contributed by atoms with van der Waals surface area (Å²) >= 11 is 0. The summed E-state index contributed by atoms with van der Waals surface area (Å²) in [6.07, 6.45) is 0.501. The van der Waals surface area contributed by atoms with E-state index in [1.54, 1.807) is 13.2 Å². The minimum atomic E-state index is -1.02. The summed E-state index contributed by atoms with van der Waals surface area (Å²) in [7, 11) is 1.56. The zero-order chi connectivity index (χ0) is 17.5. The van der Waals surface area contributed by atoms with Gasteiger partial charge in [0.15, 0.2) is 0 Å². The highest BCUT2D eigenvalue weighted by Crippen LogP contribution is 2.15. The molecule has 126 valence electrons. The van der Waals surface area contributed by atoms with E-state index < -0.39 is 23.4 Å². The van der Waals surface area contributed by atoms with Crippen LogP contribution in [0.4, 0.5) is 14.5 Å². The van der Waals surface area contributed by atoms with E-state index in [1.807, 2.05) is 18.2 Å². The summed E-state index contributed by atoms with van der Waals surface area (Å²) in [5.74, 6) is -2.95. The second-order valence-corrected chi connectivity index (χ2v) is 4.94. The number of amides is 2. The Morgan fingerprint density at radius 3 is 2.58 bits per heavy atom. The van der Waals surface area contributed by atoms with Crippen molar-refractivity contribution in [2.45, 2.75) is 6.42 Å². The third-order valence-electron chi connectivity index (χ3n) is 3.22. The Morgan fingerprint density at radius 1 is 1.08 bits per heavy atom. The maximum Gasteiger partial charge on any atom is 0.313 e. The average Bonchev–Trinajstić information content (AvgIpc) is 2.57. The quantitative estimate of drug-likeness (QED) is 0.825. The lowest BCUT2D eigenvalue weighted by atomic mass is 10.1. The maximum absolute atomic E-state index is 13.4. The fourth-order valence-corrected chi connectivity index (χ4v) is 2.00. The van der Waals surface area contributed by atoms with Gasteiger partial charge in [-0.1, -0.05) is 12.1 Å². The van der Waals surface area contributed by atoms with Crippen LogP contribution in [0, 0.1) is 11.6 Å². The monoisotopic (exact) mass is 334 g/mol. The van der Waals surface area contributed by atoms with Crippen molar-refractivity contribution in [1.29, 1.82) is 0 Å². The van der Waals surface area contributed by atoms with Crippen molar-refractivity contribution in [3.05, 3.63) is 59.7 Å². The molecule has 0 spiro atoms. The number of halogens is 2. The van der Waals surface area contributed by atoms with E-state index in [4.69, 9.17) is 4.74 Å². The molecule has 5 nitrogen and oxygen atoms in total. The molecule has 24 heavy (non-hydrogen) atoms. The van der Waals surface area contributed by atoms with Gasteiger partial charge in [-0.25, -0.2) is 8.78 Å². The highest BCUT2D eigenvalue weighted by Gasteiger charge is 2.15. The lowest BCUT2D eigenvalue weighted by molar-refractivity contribution is -0.136. The summed E-state index contributed by atoms with van der Waals surface area (Å²) in [6.45, 7) is 0.228. The van der Waals surface area contributed by atoms with Crippen molar-refractivity contribution in [2.75, 3.05) is 19.0 Å². The van der Waals surface area contributed by atoms with E-state index in [9.17, 15) is 18.4 Å². The molecule has 0 unspecified atom stereocenters. The normalized spacial score (nSPS) is 10.1. The molecule has 0 radical (unpaired) electrons. The van der Waals surface area contributed by atoms with Crippen LogP contribution in [0.2, 0.25) is 0 Å². The highest BCUT2D eigenvalue weighted by molar-refractivity contribution is 6.39. The molecule has 0 saturated carbocycles. The Kier molecular flexibility index (Phi) is 5.83. The predicted molar refractivity (Wildman–Crippen MR) is 84.7 cm³/mol. The molecule has 2 aromatic carbocycles. The molecule has 2 amide bonds. The van der Waals surface area contributed by atoms with Crippen LogP contribution in [0.25, 0.3) is 0 Å². The number of methoxy groups -OCH3 is 1. The number of carbonyl (C=O) groups excluding carboxylic acids is 2. The Hall–Kier alpha value is -2.96. The van der Waals surface area contributed by atoms with Crippen molar-refractivity contribution in [1.82, 2.24) is 5.32 Å². The summed E-state index contributed by atoms with van der Waals surface area (Å²) in [6, 6.07) is 9.96. The van der Waals surface area contributed by atoms with Crippen LogP contribution in [0.5, 0.6) is 5.75 Å². The number of ether oxygens (including phenoxy) is 1. The van der Waals surface area contributed by atoms with Crippen LogP contribution in [0.15, 0.2) is 42.5 Å². The number of nitrogens with one attached hydrogen (secondary N) is 2. The first kappa shape index (κ1) is 17.4. The fraction of sp³-hybridized carbons (Fsp3) is 0.176. The molecule has 2 aromatic rings. The SMILES string of the molecule is COc1cccc(CCNC(=O)C(=O)Nc2ccc(F)cc2F)c1. The molecule has 0 aliphatic carbocycles. The van der Waals surface area contributed by atoms with E-state index in [-0.39, 0.29) is 12.2 Å². The first-order valence-electron chi connectivity index (χ1n) is 7.17. The van der Waals surface area contributed by atoms with Crippen LogP contribution < -0.4 is 15.4 Å². The van der Waals surface area contributed by atoms with Gasteiger partial charge < -0.3 is 15.4 Å². The second-order valence-electron chi connectivity index (χ2n) is 4.94. The van der Waals surface area contributed by atoms with Gasteiger partial charge in [-0.15, -0.1) is 0 Å². The number of anilines is 1. The largest absolute Gasteiger partial charge is 0.497 e. The van der Waals surface area contributed by atoms with Gasteiger partial charge in [0.2, 0.25) is 0 Å². The molecule has 0 aliphatic rings. The van der Waals surface area contributed by atoms with Gasteiger partial charge in [0.25, 0.3) is 0 Å². The van der Waals surface area contributed by atoms with E-state index >= 15 is 0 Å². The molecule has 0 aromatic heterocycles. The Balaban J connectivity index is 1.84. The standard InChI is InChI=1S/C17H16F2N2O3/c1-24-13-4-2-3-11(9-13)7-8-20-16(22)17(23)21-15-6-5-12(18)10-14(15)19/h2-6,9-10H,7-8H2,1H3,(H,20,22)(H,21,23). The lowest BCUT2D eigenvalue weighted by Crippen LogP contribution is -2.36. The minimum absolute atomic E-state index is 0.228. The van der Waals surface area contributed by atoms with Crippen LogP contribution in [-0.2, 0) is 16.0 Å². The summed E-state index contributed by atoms with van der Waals surface area (Å²) in [4.78, 5) is 23.4. The van der Waals surface area contributed by atoms with Crippen molar-refractivity contribution in [2.24, 2.45) is 0 Å². The fourth-order valence-electron chi connectivity index (χ4n) is 2.00. The average molecular weight is 334 g/mol. The molecule has 7 heteroatoms. The highest BCUT2D eigenvalue weighted by atomic mass is 19.1. The molecule has 0 aliphatic heterocycles. The maximum atomic E-state index is 13.4. The van der Waals surface area contributed by atoms with Crippen molar-refractivity contribution < 1.29 is 23.1 Å². The van der Waals surface area contributed by atoms with Crippen molar-refractivity contribution >= 4 is 17.5 Å². The smallest absolute Gasteiger partial charge is 0.313 e. The van der Waals surface area contributed by atoms with Gasteiger partial charge in [0, 0.05) is 12.6 Å². The third-order valence-corrected chi connectivity index (χ3v) is 3.22. The number of hydrogen-bond donors (Lipinski definition) is 2. The number of hydrogen-bond acceptors (Lipinski definition) is 3. The Bertz CT molecular complexity index is 750. The molecule has 0 fully saturated rings. The van der Waals surface area contributed by atoms with Gasteiger partial charge in [0.05, 0.1) is 12.8 Å². The molecule has 2 N–H and O–H groups in total. The van der Waals surface area contributed by atoms with Crippen LogP contribution in [-0.4, -0.2) is 25.5 Å². The van der Waals surface area contributed by atoms with Gasteiger partial charge >= 0.3 is 11.8 Å². The molecular weight excluding hydrogens is 318 g/mol. The molecule has 0 saturated heterocycles. The molecule has 0 bridgehead atoms. The van der Waals surface area contributed by atoms with Crippen molar-refractivity contribution in [3.63, 3.8) is 0 Å². The van der Waals surface area contributed by atoms with E-state index in [0.717, 1.165) is 17.7 Å². The number of benzene rings is 2. The number of rotatable bonds is 5. The zero-order valence-corrected chi connectivity index (χ0v) is 12.9. The van der Waals surface area contributed by atoms with Crippen molar-refractivity contribution in [3.8, 4) is 5.75 Å². The van der Waals surface area contributed by atoms with Gasteiger partial charge in [-0.3, -0.25) is 9.59 Å². The third kappa shape index (κ3) is 4.77. The molecule has 0 atom stereocenters. The van der Waals surface area contributed by atoms with Crippen LogP contribution >= 0.6 is 0 Å². The predicted octanol–water partition coefficient (Wildman–Crippen LogP) is 2.27. The summed E-state index contributed by atoms with van der Waals surface area (Å²) < 4.78 is 31.3. The molecule has 0 heterocycles. The van der Waals surface area contributed by atoms with E-state index in [1.165, 1.54) is 0 Å². The topological polar surface area (TPSA) is 67.4 Å². The lowest BCUT2D eigenvalue weighted by Gasteiger charge is -2.08. The van der Waals surface area contributed by atoms with Gasteiger partial charge in [0.1, 0.15) is 17.4 Å². The van der Waals surface area contributed by atoms with Crippen LogP contribution in [0.1, 0.15) is 5.56 Å². The zero-order valence-electron chi connectivity index (χ0n) is 12.9. The molecular formula is C17H16F2N2O3. The Morgan fingerprint density at radius 2 is 1.88 bits per heavy atom. The van der Waals surface area contributed by atoms with E-state index in [0.29, 0.717) is 18.2 Å². The summed E-state index contributed by atoms with van der Waals surface area (Å²) in [5.41, 5.74) is 0.670. The minimum Gasteiger partial charge on any atom is -0.497 e. The Labute approximate surface area is 137 Å². The molecule has 2 rings (SSSR count). The second kappa shape index (κ2) is 8.05. The number of carbonyl (C=O) groups is 2. The first-order valence-corrected chi connectivity index (χ1v) is 7.17. The first-order chi connectivity index (χ1) is 11.5.